The van der Waals surface area contributed by atoms with Gasteiger partial charge in [-0.15, -0.1) is 11.3 Å². The first-order chi connectivity index (χ1) is 12.7. The molecular weight excluding hydrogens is 344 g/mol. The molecule has 5 nitrogen and oxygen atoms in total. The van der Waals surface area contributed by atoms with E-state index in [-0.39, 0.29) is 11.9 Å². The van der Waals surface area contributed by atoms with Crippen LogP contribution in [0.2, 0.25) is 0 Å². The van der Waals surface area contributed by atoms with Crippen LogP contribution in [0.5, 0.6) is 0 Å². The summed E-state index contributed by atoms with van der Waals surface area (Å²) in [5.41, 5.74) is 2.96. The maximum Gasteiger partial charge on any atom is 0.251 e. The summed E-state index contributed by atoms with van der Waals surface area (Å²) < 4.78 is 1.85. The number of aryl methyl sites for hydroxylation is 2. The Morgan fingerprint density at radius 2 is 2.19 bits per heavy atom. The average Bonchev–Trinajstić information content (AvgIpc) is 3.31. The fourth-order valence-corrected chi connectivity index (χ4v) is 4.45. The number of benzene rings is 1. The van der Waals surface area contributed by atoms with E-state index in [1.54, 1.807) is 17.5 Å². The molecule has 0 radical (unpaired) electrons. The third-order valence-electron chi connectivity index (χ3n) is 4.67. The SMILES string of the molecule is CC(NC(=O)c1cccc(Cn2cccn2)c1)c1nc2c(s1)CCCC2. The fraction of sp³-hybridized carbons (Fsp3) is 0.350. The molecule has 1 unspecified atom stereocenters. The third-order valence-corrected chi connectivity index (χ3v) is 6.01. The number of nitrogens with zero attached hydrogens (tertiary/aromatic N) is 3. The molecule has 1 aromatic carbocycles. The molecule has 4 rings (SSSR count). The monoisotopic (exact) mass is 366 g/mol. The quantitative estimate of drug-likeness (QED) is 0.748. The Morgan fingerprint density at radius 1 is 1.31 bits per heavy atom. The summed E-state index contributed by atoms with van der Waals surface area (Å²) in [7, 11) is 0. The Hall–Kier alpha value is -2.47. The minimum atomic E-state index is -0.0760. The maximum atomic E-state index is 12.7. The number of hydrogen-bond acceptors (Lipinski definition) is 4. The van der Waals surface area contributed by atoms with Crippen LogP contribution >= 0.6 is 11.3 Å². The van der Waals surface area contributed by atoms with E-state index in [4.69, 9.17) is 4.98 Å². The zero-order valence-electron chi connectivity index (χ0n) is 14.8. The highest BCUT2D eigenvalue weighted by Crippen LogP contribution is 2.29. The first-order valence-corrected chi connectivity index (χ1v) is 9.86. The molecule has 134 valence electrons. The topological polar surface area (TPSA) is 59.8 Å². The van der Waals surface area contributed by atoms with Crippen molar-refractivity contribution in [2.75, 3.05) is 0 Å². The van der Waals surface area contributed by atoms with Crippen molar-refractivity contribution in [3.8, 4) is 0 Å². The molecular formula is C20H22N4OS. The molecule has 26 heavy (non-hydrogen) atoms. The number of fused-ring (bicyclic) bond motifs is 1. The number of aromatic nitrogens is 3. The Kier molecular flexibility index (Phi) is 4.84. The van der Waals surface area contributed by atoms with Crippen LogP contribution < -0.4 is 5.32 Å². The number of carbonyl (C=O) groups excluding carboxylic acids is 1. The van der Waals surface area contributed by atoms with Gasteiger partial charge in [0.05, 0.1) is 18.3 Å². The molecule has 1 aliphatic carbocycles. The Balaban J connectivity index is 1.45. The zero-order valence-corrected chi connectivity index (χ0v) is 15.6. The van der Waals surface area contributed by atoms with E-state index in [1.165, 1.54) is 23.4 Å². The van der Waals surface area contributed by atoms with Crippen LogP contribution in [0, 0.1) is 0 Å². The van der Waals surface area contributed by atoms with Gasteiger partial charge in [0.1, 0.15) is 5.01 Å². The molecule has 1 amide bonds. The van der Waals surface area contributed by atoms with E-state index in [0.29, 0.717) is 12.1 Å². The van der Waals surface area contributed by atoms with Gasteiger partial charge in [-0.2, -0.15) is 5.10 Å². The van der Waals surface area contributed by atoms with E-state index < -0.39 is 0 Å². The number of carbonyl (C=O) groups is 1. The second-order valence-electron chi connectivity index (χ2n) is 6.73. The average molecular weight is 366 g/mol. The van der Waals surface area contributed by atoms with Crippen molar-refractivity contribution in [2.24, 2.45) is 0 Å². The summed E-state index contributed by atoms with van der Waals surface area (Å²) in [6, 6.07) is 9.52. The minimum absolute atomic E-state index is 0.0620. The summed E-state index contributed by atoms with van der Waals surface area (Å²) >= 11 is 1.75. The molecule has 0 spiro atoms. The summed E-state index contributed by atoms with van der Waals surface area (Å²) in [6.45, 7) is 2.67. The molecule has 2 heterocycles. The Morgan fingerprint density at radius 3 is 3.00 bits per heavy atom. The predicted octanol–water partition coefficient (Wildman–Crippen LogP) is 3.76. The number of nitrogens with one attached hydrogen (secondary N) is 1. The maximum absolute atomic E-state index is 12.7. The highest BCUT2D eigenvalue weighted by Gasteiger charge is 2.20. The van der Waals surface area contributed by atoms with E-state index in [2.05, 4.69) is 10.4 Å². The van der Waals surface area contributed by atoms with Crippen LogP contribution in [0.25, 0.3) is 0 Å². The number of thiazole rings is 1. The van der Waals surface area contributed by atoms with Crippen molar-refractivity contribution in [1.29, 1.82) is 0 Å². The Labute approximate surface area is 157 Å². The van der Waals surface area contributed by atoms with Crippen LogP contribution in [-0.2, 0) is 19.4 Å². The van der Waals surface area contributed by atoms with Crippen LogP contribution in [-0.4, -0.2) is 20.7 Å². The molecule has 1 aliphatic rings. The highest BCUT2D eigenvalue weighted by molar-refractivity contribution is 7.11. The first kappa shape index (κ1) is 17.0. The lowest BCUT2D eigenvalue weighted by Crippen LogP contribution is -2.26. The van der Waals surface area contributed by atoms with Gasteiger partial charge in [-0.3, -0.25) is 9.48 Å². The standard InChI is InChI=1S/C20H22N4OS/c1-14(20-23-17-8-2-3-9-18(17)26-20)22-19(25)16-7-4-6-15(12-16)13-24-11-5-10-21-24/h4-7,10-12,14H,2-3,8-9,13H2,1H3,(H,22,25). The summed E-state index contributed by atoms with van der Waals surface area (Å²) in [5, 5.41) is 8.32. The van der Waals surface area contributed by atoms with Crippen LogP contribution in [0.4, 0.5) is 0 Å². The van der Waals surface area contributed by atoms with Gasteiger partial charge in [0, 0.05) is 22.8 Å². The van der Waals surface area contributed by atoms with Crippen molar-refractivity contribution in [3.63, 3.8) is 0 Å². The second-order valence-corrected chi connectivity index (χ2v) is 7.84. The number of rotatable bonds is 5. The van der Waals surface area contributed by atoms with E-state index in [9.17, 15) is 4.79 Å². The highest BCUT2D eigenvalue weighted by atomic mass is 32.1. The van der Waals surface area contributed by atoms with E-state index >= 15 is 0 Å². The van der Waals surface area contributed by atoms with Gasteiger partial charge in [0.15, 0.2) is 0 Å². The fourth-order valence-electron chi connectivity index (χ4n) is 3.29. The van der Waals surface area contributed by atoms with Crippen molar-refractivity contribution >= 4 is 17.2 Å². The lowest BCUT2D eigenvalue weighted by atomic mass is 10.0. The molecule has 1 N–H and O–H groups in total. The normalized spacial score (nSPS) is 14.7. The minimum Gasteiger partial charge on any atom is -0.343 e. The third kappa shape index (κ3) is 3.70. The molecule has 0 aliphatic heterocycles. The summed E-state index contributed by atoms with van der Waals surface area (Å²) in [5.74, 6) is -0.0620. The molecule has 0 saturated carbocycles. The van der Waals surface area contributed by atoms with Gasteiger partial charge >= 0.3 is 0 Å². The molecule has 1 atom stereocenters. The first-order valence-electron chi connectivity index (χ1n) is 9.05. The molecule has 0 fully saturated rings. The van der Waals surface area contributed by atoms with E-state index in [0.717, 1.165) is 23.4 Å². The summed E-state index contributed by atoms with van der Waals surface area (Å²) in [6.07, 6.45) is 8.34. The van der Waals surface area contributed by atoms with Gasteiger partial charge < -0.3 is 5.32 Å². The van der Waals surface area contributed by atoms with Gasteiger partial charge in [-0.05, 0) is 56.4 Å². The van der Waals surface area contributed by atoms with Crippen LogP contribution in [0.3, 0.4) is 0 Å². The van der Waals surface area contributed by atoms with Crippen molar-refractivity contribution in [2.45, 2.75) is 45.2 Å². The zero-order chi connectivity index (χ0) is 17.9. The van der Waals surface area contributed by atoms with Crippen LogP contribution in [0.1, 0.15) is 57.3 Å². The predicted molar refractivity (Wildman–Crippen MR) is 102 cm³/mol. The largest absolute Gasteiger partial charge is 0.343 e. The van der Waals surface area contributed by atoms with Gasteiger partial charge in [0.2, 0.25) is 0 Å². The summed E-state index contributed by atoms with van der Waals surface area (Å²) in [4.78, 5) is 18.8. The smallest absolute Gasteiger partial charge is 0.251 e. The lowest BCUT2D eigenvalue weighted by Gasteiger charge is -2.12. The Bertz CT molecular complexity index is 877. The molecule has 0 bridgehead atoms. The van der Waals surface area contributed by atoms with Crippen molar-refractivity contribution in [1.82, 2.24) is 20.1 Å². The van der Waals surface area contributed by atoms with E-state index in [1.807, 2.05) is 48.1 Å². The van der Waals surface area contributed by atoms with Crippen molar-refractivity contribution in [3.05, 3.63) is 69.4 Å². The molecule has 6 heteroatoms. The number of amides is 1. The van der Waals surface area contributed by atoms with Gasteiger partial charge in [-0.25, -0.2) is 4.98 Å². The van der Waals surface area contributed by atoms with Crippen molar-refractivity contribution < 1.29 is 4.79 Å². The lowest BCUT2D eigenvalue weighted by molar-refractivity contribution is 0.0939. The van der Waals surface area contributed by atoms with Gasteiger partial charge in [-0.1, -0.05) is 12.1 Å². The van der Waals surface area contributed by atoms with Crippen LogP contribution in [0.15, 0.2) is 42.7 Å². The number of hydrogen-bond donors (Lipinski definition) is 1. The molecule has 3 aromatic rings. The molecule has 0 saturated heterocycles. The van der Waals surface area contributed by atoms with Gasteiger partial charge in [0.25, 0.3) is 5.91 Å². The molecule has 2 aromatic heterocycles. The second kappa shape index (κ2) is 7.41.